The molecule has 50 valence electrons. The van der Waals surface area contributed by atoms with E-state index in [-0.39, 0.29) is 54.4 Å². The summed E-state index contributed by atoms with van der Waals surface area (Å²) in [7, 11) is -4.64. The molecule has 0 rings (SSSR count). The summed E-state index contributed by atoms with van der Waals surface area (Å²) in [6.07, 6.45) is 0. The quantitative estimate of drug-likeness (QED) is 0.287. The van der Waals surface area contributed by atoms with Gasteiger partial charge in [0, 0.05) is 34.1 Å². The smallest absolute Gasteiger partial charge is 1.00 e. The van der Waals surface area contributed by atoms with E-state index in [0.29, 0.717) is 0 Å². The Balaban J connectivity index is -0.0000000133. The molecule has 0 aromatic carbocycles. The Morgan fingerprint density at radius 3 is 1.12 bits per heavy atom. The van der Waals surface area contributed by atoms with Crippen molar-refractivity contribution in [2.24, 2.45) is 0 Å². The molecule has 0 heterocycles. The second-order valence-corrected chi connectivity index (χ2v) is 1.54. The second kappa shape index (κ2) is 8.75. The summed E-state index contributed by atoms with van der Waals surface area (Å²) in [6, 6.07) is 0. The van der Waals surface area contributed by atoms with E-state index in [1.165, 1.54) is 0 Å². The molecule has 8 heavy (non-hydrogen) atoms. The number of phosphoric acid groups is 1. The van der Waals surface area contributed by atoms with Crippen LogP contribution in [0.4, 0.5) is 0 Å². The summed E-state index contributed by atoms with van der Waals surface area (Å²) in [4.78, 5) is 21.6. The molecule has 0 saturated carbocycles. The molecule has 0 radical (unpaired) electrons. The zero-order chi connectivity index (χ0) is 4.50. The van der Waals surface area contributed by atoms with Crippen LogP contribution in [0.1, 0.15) is 1.43 Å². The SMILES string of the molecule is O=P(O)(O)O.[Fe].[Fe].[H-].[Li+]. The van der Waals surface area contributed by atoms with Gasteiger partial charge in [0.2, 0.25) is 0 Å². The topological polar surface area (TPSA) is 77.8 Å². The molecule has 0 saturated heterocycles. The maximum Gasteiger partial charge on any atom is 1.00 e. The van der Waals surface area contributed by atoms with Gasteiger partial charge in [-0.2, -0.15) is 0 Å². The normalized spacial score (nSPS) is 7.38. The van der Waals surface area contributed by atoms with E-state index in [0.717, 1.165) is 0 Å². The van der Waals surface area contributed by atoms with E-state index in [9.17, 15) is 0 Å². The van der Waals surface area contributed by atoms with Crippen LogP contribution >= 0.6 is 7.82 Å². The van der Waals surface area contributed by atoms with Crippen molar-refractivity contribution in [1.29, 1.82) is 0 Å². The minimum atomic E-state index is -4.64. The molecule has 4 nitrogen and oxygen atoms in total. The van der Waals surface area contributed by atoms with Crippen LogP contribution in [0.3, 0.4) is 0 Å². The van der Waals surface area contributed by atoms with Gasteiger partial charge in [0.25, 0.3) is 0 Å². The summed E-state index contributed by atoms with van der Waals surface area (Å²) in [5.74, 6) is 0. The number of rotatable bonds is 0. The van der Waals surface area contributed by atoms with Crippen LogP contribution in [0.2, 0.25) is 0 Å². The van der Waals surface area contributed by atoms with Crippen molar-refractivity contribution in [2.45, 2.75) is 0 Å². The maximum atomic E-state index is 8.88. The molecule has 0 aliphatic rings. The average molecular weight is 218 g/mol. The van der Waals surface area contributed by atoms with E-state index in [1.807, 2.05) is 0 Å². The third-order valence-electron chi connectivity index (χ3n) is 0. The van der Waals surface area contributed by atoms with Gasteiger partial charge in [-0.3, -0.25) is 0 Å². The first-order chi connectivity index (χ1) is 2.00. The molecule has 0 aromatic heterocycles. The summed E-state index contributed by atoms with van der Waals surface area (Å²) < 4.78 is 8.88. The Labute approximate surface area is 81.3 Å². The van der Waals surface area contributed by atoms with E-state index >= 15 is 0 Å². The van der Waals surface area contributed by atoms with Gasteiger partial charge < -0.3 is 16.1 Å². The third kappa shape index (κ3) is 116. The van der Waals surface area contributed by atoms with Crippen molar-refractivity contribution in [1.82, 2.24) is 0 Å². The van der Waals surface area contributed by atoms with Crippen molar-refractivity contribution in [3.05, 3.63) is 0 Å². The molecule has 0 unspecified atom stereocenters. The monoisotopic (exact) mass is 218 g/mol. The Morgan fingerprint density at radius 2 is 1.12 bits per heavy atom. The van der Waals surface area contributed by atoms with Gasteiger partial charge in [-0.05, 0) is 0 Å². The average Bonchev–Trinajstić information content (AvgIpc) is 0.722. The van der Waals surface area contributed by atoms with Crippen LogP contribution in [0, 0.1) is 0 Å². The predicted molar refractivity (Wildman–Crippen MR) is 15.4 cm³/mol. The molecule has 0 aliphatic heterocycles. The van der Waals surface area contributed by atoms with Gasteiger partial charge >= 0.3 is 26.7 Å². The molecule has 0 spiro atoms. The molecule has 0 fully saturated rings. The molecule has 8 heteroatoms. The van der Waals surface area contributed by atoms with E-state index in [1.54, 1.807) is 0 Å². The fraction of sp³-hybridized carbons (Fsp3) is 0. The first-order valence-electron chi connectivity index (χ1n) is 0.783. The minimum absolute atomic E-state index is 0. The molecular weight excluding hydrogens is 214 g/mol. The van der Waals surface area contributed by atoms with Gasteiger partial charge in [0.05, 0.1) is 0 Å². The van der Waals surface area contributed by atoms with Gasteiger partial charge in [-0.25, -0.2) is 4.57 Å². The van der Waals surface area contributed by atoms with Crippen molar-refractivity contribution in [3.8, 4) is 0 Å². The fourth-order valence-electron chi connectivity index (χ4n) is 0. The number of hydrogen-bond acceptors (Lipinski definition) is 1. The zero-order valence-corrected chi connectivity index (χ0v) is 7.01. The first kappa shape index (κ1) is 22.6. The third-order valence-corrected chi connectivity index (χ3v) is 0. The Bertz CT molecular complexity index is 64.7. The summed E-state index contributed by atoms with van der Waals surface area (Å²) in [5, 5.41) is 0. The van der Waals surface area contributed by atoms with E-state index in [2.05, 4.69) is 0 Å². The molecule has 0 aliphatic carbocycles. The first-order valence-corrected chi connectivity index (χ1v) is 2.35. The minimum Gasteiger partial charge on any atom is -1.00 e. The largest absolute Gasteiger partial charge is 1.00 e. The van der Waals surface area contributed by atoms with Gasteiger partial charge in [-0.1, -0.05) is 0 Å². The van der Waals surface area contributed by atoms with Crippen LogP contribution < -0.4 is 18.9 Å². The Morgan fingerprint density at radius 1 is 1.12 bits per heavy atom. The maximum absolute atomic E-state index is 8.88. The Hall–Kier alpha value is 1.75. The second-order valence-electron chi connectivity index (χ2n) is 0.513. The van der Waals surface area contributed by atoms with E-state index in [4.69, 9.17) is 19.2 Å². The molecule has 0 atom stereocenters. The van der Waals surface area contributed by atoms with Crippen LogP contribution in [0.25, 0.3) is 0 Å². The predicted octanol–water partition coefficient (Wildman–Crippen LogP) is -3.82. The van der Waals surface area contributed by atoms with E-state index < -0.39 is 7.82 Å². The zero-order valence-electron chi connectivity index (χ0n) is 4.90. The van der Waals surface area contributed by atoms with Crippen LogP contribution in [0.15, 0.2) is 0 Å². The van der Waals surface area contributed by atoms with Gasteiger partial charge in [-0.15, -0.1) is 0 Å². The van der Waals surface area contributed by atoms with Gasteiger partial charge in [0.15, 0.2) is 0 Å². The summed E-state index contributed by atoms with van der Waals surface area (Å²) in [5.41, 5.74) is 0. The van der Waals surface area contributed by atoms with Crippen molar-refractivity contribution in [3.63, 3.8) is 0 Å². The molecule has 0 amide bonds. The summed E-state index contributed by atoms with van der Waals surface area (Å²) in [6.45, 7) is 0. The van der Waals surface area contributed by atoms with Gasteiger partial charge in [0.1, 0.15) is 0 Å². The Kier molecular flexibility index (Phi) is 24.7. The van der Waals surface area contributed by atoms with Crippen LogP contribution in [-0.2, 0) is 38.7 Å². The molecule has 3 N–H and O–H groups in total. The van der Waals surface area contributed by atoms with Crippen molar-refractivity contribution in [2.75, 3.05) is 0 Å². The number of hydrogen-bond donors (Lipinski definition) is 3. The van der Waals surface area contributed by atoms with Crippen LogP contribution in [0.5, 0.6) is 0 Å². The van der Waals surface area contributed by atoms with Crippen molar-refractivity contribution >= 4 is 7.82 Å². The fourth-order valence-corrected chi connectivity index (χ4v) is 0. The molecule has 0 bridgehead atoms. The molecular formula is H4Fe2LiO4P. The summed E-state index contributed by atoms with van der Waals surface area (Å²) >= 11 is 0. The standard InChI is InChI=1S/2Fe.Li.H3O4P.H/c;;;1-5(2,3)4;/h;;;(H3,1,2,3,4);/q;;+1;;-1. The molecule has 0 aromatic rings. The van der Waals surface area contributed by atoms with Crippen LogP contribution in [-0.4, -0.2) is 14.7 Å². The van der Waals surface area contributed by atoms with Crippen molar-refractivity contribution < 1.29 is 73.7 Å².